The zero-order valence-electron chi connectivity index (χ0n) is 11.7. The van der Waals surface area contributed by atoms with Gasteiger partial charge in [0.15, 0.2) is 0 Å². The zero-order chi connectivity index (χ0) is 14.9. The number of benzene rings is 1. The van der Waals surface area contributed by atoms with Crippen molar-refractivity contribution in [1.82, 2.24) is 15.2 Å². The van der Waals surface area contributed by atoms with Gasteiger partial charge in [0, 0.05) is 18.5 Å². The molecule has 0 amide bonds. The lowest BCUT2D eigenvalue weighted by molar-refractivity contribution is 0.527. The molecule has 0 aliphatic rings. The Morgan fingerprint density at radius 1 is 1.45 bits per heavy atom. The number of hydrazine groups is 1. The van der Waals surface area contributed by atoms with Crippen LogP contribution < -0.4 is 11.3 Å². The van der Waals surface area contributed by atoms with E-state index in [1.807, 2.05) is 43.8 Å². The van der Waals surface area contributed by atoms with Crippen molar-refractivity contribution in [2.75, 3.05) is 0 Å². The molecule has 0 bridgehead atoms. The number of rotatable bonds is 4. The third-order valence-corrected chi connectivity index (χ3v) is 4.99. The number of aryl methyl sites for hydroxylation is 2. The summed E-state index contributed by atoms with van der Waals surface area (Å²) in [5, 5.41) is 5.16. The van der Waals surface area contributed by atoms with E-state index in [-0.39, 0.29) is 6.04 Å². The molecule has 3 N–H and O–H groups in total. The number of halogens is 2. The lowest BCUT2D eigenvalue weighted by Crippen LogP contribution is -2.30. The van der Waals surface area contributed by atoms with E-state index in [0.29, 0.717) is 0 Å². The Labute approximate surface area is 132 Å². The van der Waals surface area contributed by atoms with Gasteiger partial charge in [-0.05, 0) is 47.0 Å². The monoisotopic (exact) mass is 356 g/mol. The molecule has 1 aromatic heterocycles. The molecule has 1 heterocycles. The van der Waals surface area contributed by atoms with Crippen LogP contribution >= 0.6 is 27.5 Å². The fraction of sp³-hybridized carbons (Fsp3) is 0.357. The van der Waals surface area contributed by atoms with Gasteiger partial charge in [-0.25, -0.2) is 0 Å². The van der Waals surface area contributed by atoms with Crippen LogP contribution in [-0.4, -0.2) is 9.78 Å². The first-order valence-corrected chi connectivity index (χ1v) is 7.52. The molecule has 0 aliphatic carbocycles. The van der Waals surface area contributed by atoms with Crippen molar-refractivity contribution < 1.29 is 0 Å². The summed E-state index contributed by atoms with van der Waals surface area (Å²) in [6, 6.07) is 5.86. The Kier molecular flexibility index (Phi) is 4.86. The number of hydrogen-bond donors (Lipinski definition) is 2. The number of nitrogens with two attached hydrogens (primary N) is 1. The van der Waals surface area contributed by atoms with Gasteiger partial charge in [0.05, 0.1) is 21.9 Å². The SMILES string of the molecule is Cc1nn(C)c(CC(NN)c2cccc(Cl)c2C)c1Br. The van der Waals surface area contributed by atoms with Gasteiger partial charge in [0.2, 0.25) is 0 Å². The number of aromatic nitrogens is 2. The van der Waals surface area contributed by atoms with Crippen molar-refractivity contribution in [1.29, 1.82) is 0 Å². The first kappa shape index (κ1) is 15.5. The Hall–Kier alpha value is -0.880. The molecule has 1 unspecified atom stereocenters. The second-order valence-electron chi connectivity index (χ2n) is 4.85. The van der Waals surface area contributed by atoms with Crippen molar-refractivity contribution in [2.45, 2.75) is 26.3 Å². The van der Waals surface area contributed by atoms with Crippen LogP contribution in [0, 0.1) is 13.8 Å². The zero-order valence-corrected chi connectivity index (χ0v) is 14.1. The molecule has 4 nitrogen and oxygen atoms in total. The predicted molar refractivity (Wildman–Crippen MR) is 85.6 cm³/mol. The Bertz CT molecular complexity index is 624. The second kappa shape index (κ2) is 6.26. The highest BCUT2D eigenvalue weighted by Gasteiger charge is 2.19. The first-order chi connectivity index (χ1) is 9.45. The van der Waals surface area contributed by atoms with E-state index in [0.717, 1.165) is 38.4 Å². The van der Waals surface area contributed by atoms with Crippen LogP contribution in [0.2, 0.25) is 5.02 Å². The van der Waals surface area contributed by atoms with Crippen LogP contribution in [0.3, 0.4) is 0 Å². The Balaban J connectivity index is 2.36. The van der Waals surface area contributed by atoms with Gasteiger partial charge in [0.1, 0.15) is 0 Å². The van der Waals surface area contributed by atoms with E-state index >= 15 is 0 Å². The number of hydrogen-bond acceptors (Lipinski definition) is 3. The number of nitrogens with one attached hydrogen (secondary N) is 1. The molecule has 0 radical (unpaired) electrons. The van der Waals surface area contributed by atoms with Crippen molar-refractivity contribution in [2.24, 2.45) is 12.9 Å². The van der Waals surface area contributed by atoms with Crippen LogP contribution in [0.25, 0.3) is 0 Å². The minimum atomic E-state index is -0.0141. The summed E-state index contributed by atoms with van der Waals surface area (Å²) in [6.07, 6.45) is 0.732. The summed E-state index contributed by atoms with van der Waals surface area (Å²) in [5.41, 5.74) is 7.10. The Morgan fingerprint density at radius 3 is 2.70 bits per heavy atom. The van der Waals surface area contributed by atoms with E-state index in [4.69, 9.17) is 17.4 Å². The lowest BCUT2D eigenvalue weighted by Gasteiger charge is -2.19. The molecule has 0 saturated heterocycles. The van der Waals surface area contributed by atoms with Crippen LogP contribution in [-0.2, 0) is 13.5 Å². The molecular formula is C14H18BrClN4. The van der Waals surface area contributed by atoms with Gasteiger partial charge in [-0.15, -0.1) is 0 Å². The van der Waals surface area contributed by atoms with E-state index in [2.05, 4.69) is 26.5 Å². The molecule has 0 fully saturated rings. The van der Waals surface area contributed by atoms with E-state index in [1.165, 1.54) is 0 Å². The highest BCUT2D eigenvalue weighted by atomic mass is 79.9. The molecule has 6 heteroatoms. The molecule has 0 aliphatic heterocycles. The molecule has 108 valence electrons. The second-order valence-corrected chi connectivity index (χ2v) is 6.05. The standard InChI is InChI=1S/C14H18BrClN4/c1-8-10(5-4-6-11(8)16)12(18-17)7-13-14(15)9(2)19-20(13)3/h4-6,12,18H,7,17H2,1-3H3. The van der Waals surface area contributed by atoms with Gasteiger partial charge >= 0.3 is 0 Å². The summed E-state index contributed by atoms with van der Waals surface area (Å²) in [7, 11) is 1.94. The fourth-order valence-corrected chi connectivity index (χ4v) is 3.04. The van der Waals surface area contributed by atoms with Crippen molar-refractivity contribution in [3.63, 3.8) is 0 Å². The Morgan fingerprint density at radius 2 is 2.15 bits per heavy atom. The smallest absolute Gasteiger partial charge is 0.0738 e. The van der Waals surface area contributed by atoms with E-state index in [9.17, 15) is 0 Å². The minimum absolute atomic E-state index is 0.0141. The first-order valence-electron chi connectivity index (χ1n) is 6.34. The fourth-order valence-electron chi connectivity index (χ4n) is 2.36. The van der Waals surface area contributed by atoms with Crippen molar-refractivity contribution in [3.05, 3.63) is 50.2 Å². The third-order valence-electron chi connectivity index (χ3n) is 3.55. The third kappa shape index (κ3) is 2.91. The minimum Gasteiger partial charge on any atom is -0.271 e. The maximum absolute atomic E-state index is 6.19. The highest BCUT2D eigenvalue weighted by Crippen LogP contribution is 2.29. The maximum Gasteiger partial charge on any atom is 0.0738 e. The maximum atomic E-state index is 6.19. The molecule has 1 atom stereocenters. The van der Waals surface area contributed by atoms with Crippen molar-refractivity contribution >= 4 is 27.5 Å². The molecule has 0 spiro atoms. The van der Waals surface area contributed by atoms with Gasteiger partial charge in [-0.2, -0.15) is 5.10 Å². The molecule has 0 saturated carbocycles. The molecule has 2 aromatic rings. The predicted octanol–water partition coefficient (Wildman–Crippen LogP) is 3.20. The lowest BCUT2D eigenvalue weighted by atomic mass is 9.98. The van der Waals surface area contributed by atoms with Crippen LogP contribution in [0.5, 0.6) is 0 Å². The van der Waals surface area contributed by atoms with E-state index in [1.54, 1.807) is 0 Å². The number of nitrogens with zero attached hydrogens (tertiary/aromatic N) is 2. The molecular weight excluding hydrogens is 340 g/mol. The van der Waals surface area contributed by atoms with E-state index < -0.39 is 0 Å². The van der Waals surface area contributed by atoms with Gasteiger partial charge in [-0.1, -0.05) is 23.7 Å². The molecule has 2 rings (SSSR count). The summed E-state index contributed by atoms with van der Waals surface area (Å²) in [4.78, 5) is 0. The van der Waals surface area contributed by atoms with Crippen molar-refractivity contribution in [3.8, 4) is 0 Å². The van der Waals surface area contributed by atoms with Crippen LogP contribution in [0.15, 0.2) is 22.7 Å². The van der Waals surface area contributed by atoms with Gasteiger partial charge in [0.25, 0.3) is 0 Å². The summed E-state index contributed by atoms with van der Waals surface area (Å²) >= 11 is 9.78. The highest BCUT2D eigenvalue weighted by molar-refractivity contribution is 9.10. The average molecular weight is 358 g/mol. The average Bonchev–Trinajstić information content (AvgIpc) is 2.65. The summed E-state index contributed by atoms with van der Waals surface area (Å²) < 4.78 is 2.91. The van der Waals surface area contributed by atoms with Crippen LogP contribution in [0.1, 0.15) is 28.6 Å². The summed E-state index contributed by atoms with van der Waals surface area (Å²) in [6.45, 7) is 3.98. The van der Waals surface area contributed by atoms with Gasteiger partial charge < -0.3 is 0 Å². The largest absolute Gasteiger partial charge is 0.271 e. The van der Waals surface area contributed by atoms with Crippen LogP contribution in [0.4, 0.5) is 0 Å². The quantitative estimate of drug-likeness (QED) is 0.652. The molecule has 1 aromatic carbocycles. The normalized spacial score (nSPS) is 12.7. The molecule has 20 heavy (non-hydrogen) atoms. The van der Waals surface area contributed by atoms with Gasteiger partial charge in [-0.3, -0.25) is 16.0 Å². The summed E-state index contributed by atoms with van der Waals surface area (Å²) in [5.74, 6) is 5.74. The topological polar surface area (TPSA) is 55.9 Å².